The van der Waals surface area contributed by atoms with Crippen molar-refractivity contribution in [2.24, 2.45) is 0 Å². The molecule has 0 fully saturated rings. The molecule has 0 aliphatic rings. The van der Waals surface area contributed by atoms with E-state index in [-0.39, 0.29) is 11.8 Å². The van der Waals surface area contributed by atoms with Gasteiger partial charge in [-0.3, -0.25) is 9.59 Å². The predicted molar refractivity (Wildman–Crippen MR) is 59.4 cm³/mol. The van der Waals surface area contributed by atoms with Gasteiger partial charge in [0.05, 0.1) is 0 Å². The van der Waals surface area contributed by atoms with Crippen LogP contribution in [0.5, 0.6) is 0 Å². The molecule has 0 aromatic heterocycles. The topological polar surface area (TPSA) is 43.4 Å². The van der Waals surface area contributed by atoms with Crippen LogP contribution >= 0.6 is 0 Å². The van der Waals surface area contributed by atoms with Gasteiger partial charge in [0.1, 0.15) is 5.60 Å². The molecule has 0 N–H and O–H groups in total. The number of ether oxygens (including phenoxy) is 1. The lowest BCUT2D eigenvalue weighted by Gasteiger charge is -2.25. The Labute approximate surface area is 90.8 Å². The van der Waals surface area contributed by atoms with Gasteiger partial charge in [-0.2, -0.15) is 0 Å². The van der Waals surface area contributed by atoms with Crippen LogP contribution < -0.4 is 0 Å². The number of rotatable bonds is 6. The fourth-order valence-electron chi connectivity index (χ4n) is 1.10. The minimum Gasteiger partial charge on any atom is -0.455 e. The molecule has 0 rings (SSSR count). The van der Waals surface area contributed by atoms with Gasteiger partial charge in [0.2, 0.25) is 0 Å². The maximum absolute atomic E-state index is 11.3. The summed E-state index contributed by atoms with van der Waals surface area (Å²) in [5, 5.41) is 0. The van der Waals surface area contributed by atoms with Gasteiger partial charge < -0.3 is 4.74 Å². The van der Waals surface area contributed by atoms with Gasteiger partial charge in [-0.15, -0.1) is 0 Å². The Morgan fingerprint density at radius 1 is 1.40 bits per heavy atom. The summed E-state index contributed by atoms with van der Waals surface area (Å²) in [4.78, 5) is 22.1. The van der Waals surface area contributed by atoms with Crippen molar-refractivity contribution in [1.29, 1.82) is 0 Å². The second-order valence-electron chi connectivity index (χ2n) is 3.81. The van der Waals surface area contributed by atoms with Crippen molar-refractivity contribution in [2.45, 2.75) is 39.2 Å². The maximum atomic E-state index is 11.3. The first-order chi connectivity index (χ1) is 6.80. The lowest BCUT2D eigenvalue weighted by Crippen LogP contribution is -2.29. The molecule has 0 saturated heterocycles. The summed E-state index contributed by atoms with van der Waals surface area (Å²) in [6.07, 6.45) is 2.28. The largest absolute Gasteiger partial charge is 0.455 e. The maximum Gasteiger partial charge on any atom is 0.303 e. The molecule has 1 atom stereocenters. The fourth-order valence-corrected chi connectivity index (χ4v) is 1.10. The fraction of sp³-hybridized carbons (Fsp3) is 0.500. The van der Waals surface area contributed by atoms with Gasteiger partial charge in [-0.05, 0) is 31.9 Å². The van der Waals surface area contributed by atoms with Crippen LogP contribution in [-0.4, -0.2) is 17.4 Å². The van der Waals surface area contributed by atoms with Crippen molar-refractivity contribution in [3.63, 3.8) is 0 Å². The van der Waals surface area contributed by atoms with E-state index in [1.807, 2.05) is 0 Å². The minimum absolute atomic E-state index is 0.0183. The molecular weight excluding hydrogens is 192 g/mol. The van der Waals surface area contributed by atoms with E-state index in [9.17, 15) is 9.59 Å². The summed E-state index contributed by atoms with van der Waals surface area (Å²) in [6, 6.07) is 0. The van der Waals surface area contributed by atoms with Crippen LogP contribution in [0.4, 0.5) is 0 Å². The highest BCUT2D eigenvalue weighted by atomic mass is 16.6. The lowest BCUT2D eigenvalue weighted by molar-refractivity contribution is -0.152. The van der Waals surface area contributed by atoms with Crippen molar-refractivity contribution in [1.82, 2.24) is 0 Å². The van der Waals surface area contributed by atoms with Gasteiger partial charge >= 0.3 is 5.97 Å². The molecule has 0 radical (unpaired) electrons. The molecule has 0 saturated carbocycles. The number of ketones is 1. The van der Waals surface area contributed by atoms with Crippen molar-refractivity contribution in [3.05, 3.63) is 24.8 Å². The molecule has 0 spiro atoms. The zero-order valence-corrected chi connectivity index (χ0v) is 9.63. The highest BCUT2D eigenvalue weighted by molar-refractivity contribution is 5.94. The monoisotopic (exact) mass is 210 g/mol. The van der Waals surface area contributed by atoms with Gasteiger partial charge in [0.15, 0.2) is 5.78 Å². The third kappa shape index (κ3) is 5.15. The molecule has 0 aromatic rings. The molecule has 0 bridgehead atoms. The molecule has 0 heterocycles. The number of hydrogen-bond donors (Lipinski definition) is 0. The van der Waals surface area contributed by atoms with Crippen LogP contribution in [0.1, 0.15) is 33.6 Å². The summed E-state index contributed by atoms with van der Waals surface area (Å²) in [5.74, 6) is -0.393. The van der Waals surface area contributed by atoms with E-state index in [2.05, 4.69) is 13.2 Å². The Morgan fingerprint density at radius 2 is 1.93 bits per heavy atom. The van der Waals surface area contributed by atoms with E-state index in [0.717, 1.165) is 0 Å². The Hall–Kier alpha value is -1.38. The highest BCUT2D eigenvalue weighted by Gasteiger charge is 2.24. The smallest absolute Gasteiger partial charge is 0.303 e. The molecule has 1 unspecified atom stereocenters. The third-order valence-corrected chi connectivity index (χ3v) is 2.13. The lowest BCUT2D eigenvalue weighted by atomic mass is 9.97. The van der Waals surface area contributed by atoms with E-state index in [4.69, 9.17) is 4.74 Å². The molecule has 3 nitrogen and oxygen atoms in total. The predicted octanol–water partition coefficient (Wildman–Crippen LogP) is 2.42. The summed E-state index contributed by atoms with van der Waals surface area (Å²) in [5.41, 5.74) is -0.249. The summed E-state index contributed by atoms with van der Waals surface area (Å²) in [6.45, 7) is 11.9. The van der Waals surface area contributed by atoms with E-state index in [1.54, 1.807) is 19.9 Å². The molecule has 84 valence electrons. The number of carbonyl (C=O) groups excluding carboxylic acids is 2. The van der Waals surface area contributed by atoms with Crippen molar-refractivity contribution in [2.75, 3.05) is 0 Å². The van der Waals surface area contributed by atoms with Crippen LogP contribution in [0.2, 0.25) is 0 Å². The summed E-state index contributed by atoms with van der Waals surface area (Å²) < 4.78 is 5.08. The van der Waals surface area contributed by atoms with Crippen LogP contribution in [-0.2, 0) is 14.3 Å². The number of allylic oxidation sites excluding steroid dienone is 1. The van der Waals surface area contributed by atoms with Crippen LogP contribution in [0, 0.1) is 0 Å². The Morgan fingerprint density at radius 3 is 2.27 bits per heavy atom. The Kier molecular flexibility index (Phi) is 4.98. The zero-order valence-electron chi connectivity index (χ0n) is 9.63. The molecule has 15 heavy (non-hydrogen) atoms. The SMILES string of the molecule is C=CC(C)(CCC(=O)C(=C)C)OC(C)=O. The van der Waals surface area contributed by atoms with Gasteiger partial charge in [-0.25, -0.2) is 0 Å². The van der Waals surface area contributed by atoms with Gasteiger partial charge in [0, 0.05) is 13.3 Å². The normalized spacial score (nSPS) is 13.8. The molecule has 0 aliphatic carbocycles. The van der Waals surface area contributed by atoms with Crippen molar-refractivity contribution in [3.8, 4) is 0 Å². The highest BCUT2D eigenvalue weighted by Crippen LogP contribution is 2.20. The average molecular weight is 210 g/mol. The van der Waals surface area contributed by atoms with Crippen LogP contribution in [0.25, 0.3) is 0 Å². The molecule has 3 heteroatoms. The summed E-state index contributed by atoms with van der Waals surface area (Å²) >= 11 is 0. The number of carbonyl (C=O) groups is 2. The number of hydrogen-bond acceptors (Lipinski definition) is 3. The first kappa shape index (κ1) is 13.6. The molecular formula is C12H18O3. The van der Waals surface area contributed by atoms with Crippen molar-refractivity contribution >= 4 is 11.8 Å². The number of esters is 1. The van der Waals surface area contributed by atoms with E-state index < -0.39 is 5.60 Å². The Bertz CT molecular complexity index is 291. The van der Waals surface area contributed by atoms with E-state index in [0.29, 0.717) is 18.4 Å². The minimum atomic E-state index is -0.767. The first-order valence-corrected chi connectivity index (χ1v) is 4.82. The second kappa shape index (κ2) is 5.49. The third-order valence-electron chi connectivity index (χ3n) is 2.13. The standard InChI is InChI=1S/C12H18O3/c1-6-12(5,15-10(4)13)8-7-11(14)9(2)3/h6H,1-2,7-8H2,3-5H3. The van der Waals surface area contributed by atoms with Crippen LogP contribution in [0.15, 0.2) is 24.8 Å². The molecule has 0 amide bonds. The molecule has 0 aromatic carbocycles. The van der Waals surface area contributed by atoms with E-state index >= 15 is 0 Å². The molecule has 0 aliphatic heterocycles. The quantitative estimate of drug-likeness (QED) is 0.384. The second-order valence-corrected chi connectivity index (χ2v) is 3.81. The average Bonchev–Trinajstić information content (AvgIpc) is 2.13. The van der Waals surface area contributed by atoms with Gasteiger partial charge in [0.25, 0.3) is 0 Å². The van der Waals surface area contributed by atoms with Crippen LogP contribution in [0.3, 0.4) is 0 Å². The Balaban J connectivity index is 4.33. The first-order valence-electron chi connectivity index (χ1n) is 4.82. The van der Waals surface area contributed by atoms with Crippen molar-refractivity contribution < 1.29 is 14.3 Å². The van der Waals surface area contributed by atoms with E-state index in [1.165, 1.54) is 6.92 Å². The van der Waals surface area contributed by atoms with Gasteiger partial charge in [-0.1, -0.05) is 13.2 Å². The summed E-state index contributed by atoms with van der Waals surface area (Å²) in [7, 11) is 0. The number of Topliss-reactive ketones (excluding diaryl/α,β-unsaturated/α-hetero) is 1. The zero-order chi connectivity index (χ0) is 12.1.